The predicted octanol–water partition coefficient (Wildman–Crippen LogP) is -0.427. The molecule has 2 unspecified atom stereocenters. The Morgan fingerprint density at radius 2 is 2.30 bits per heavy atom. The smallest absolute Gasteiger partial charge is 0.319 e. The standard InChI is InChI=1S/C12H19N5O3/c1-7(13)11-15-16-12(20-11)17-4-5-19-6-9(17)10(18)14-8-2-3-8/h7-9H,2-6,13H2,1H3,(H,14,18). The van der Waals surface area contributed by atoms with Crippen LogP contribution in [-0.4, -0.2) is 47.9 Å². The summed E-state index contributed by atoms with van der Waals surface area (Å²) in [6, 6.07) is -0.105. The van der Waals surface area contributed by atoms with Gasteiger partial charge in [0.05, 0.1) is 19.3 Å². The lowest BCUT2D eigenvalue weighted by atomic mass is 10.2. The second kappa shape index (κ2) is 5.37. The second-order valence-electron chi connectivity index (χ2n) is 5.28. The topological polar surface area (TPSA) is 107 Å². The fourth-order valence-corrected chi connectivity index (χ4v) is 2.10. The number of carbonyl (C=O) groups excluding carboxylic acids is 1. The normalized spacial score (nSPS) is 24.5. The number of rotatable bonds is 4. The van der Waals surface area contributed by atoms with E-state index in [4.69, 9.17) is 14.9 Å². The molecule has 8 heteroatoms. The van der Waals surface area contributed by atoms with Crippen LogP contribution < -0.4 is 16.0 Å². The number of aromatic nitrogens is 2. The SMILES string of the molecule is CC(N)c1nnc(N2CCOCC2C(=O)NC2CC2)o1. The summed E-state index contributed by atoms with van der Waals surface area (Å²) < 4.78 is 10.9. The number of nitrogens with zero attached hydrogens (tertiary/aromatic N) is 3. The predicted molar refractivity (Wildman–Crippen MR) is 70.0 cm³/mol. The largest absolute Gasteiger partial charge is 0.406 e. The number of hydrogen-bond donors (Lipinski definition) is 2. The monoisotopic (exact) mass is 281 g/mol. The molecule has 2 aliphatic rings. The molecule has 0 aromatic carbocycles. The van der Waals surface area contributed by atoms with E-state index in [2.05, 4.69) is 15.5 Å². The third kappa shape index (κ3) is 2.75. The average molecular weight is 281 g/mol. The van der Waals surface area contributed by atoms with Gasteiger partial charge in [0.2, 0.25) is 11.8 Å². The molecule has 110 valence electrons. The quantitative estimate of drug-likeness (QED) is 0.771. The third-order valence-corrected chi connectivity index (χ3v) is 3.42. The molecule has 8 nitrogen and oxygen atoms in total. The van der Waals surface area contributed by atoms with Crippen LogP contribution in [0.15, 0.2) is 4.42 Å². The molecule has 1 aromatic rings. The van der Waals surface area contributed by atoms with E-state index in [0.29, 0.717) is 37.7 Å². The Morgan fingerprint density at radius 1 is 1.50 bits per heavy atom. The first kappa shape index (κ1) is 13.3. The number of nitrogens with two attached hydrogens (primary N) is 1. The molecule has 2 fully saturated rings. The molecular formula is C12H19N5O3. The fraction of sp³-hybridized carbons (Fsp3) is 0.750. The number of anilines is 1. The van der Waals surface area contributed by atoms with Gasteiger partial charge in [-0.15, -0.1) is 5.10 Å². The number of nitrogens with one attached hydrogen (secondary N) is 1. The molecule has 2 atom stereocenters. The zero-order valence-corrected chi connectivity index (χ0v) is 11.4. The van der Waals surface area contributed by atoms with Gasteiger partial charge in [0.1, 0.15) is 6.04 Å². The van der Waals surface area contributed by atoms with Crippen LogP contribution >= 0.6 is 0 Å². The summed E-state index contributed by atoms with van der Waals surface area (Å²) in [5.41, 5.74) is 5.71. The van der Waals surface area contributed by atoms with Crippen molar-refractivity contribution in [2.24, 2.45) is 5.73 Å². The van der Waals surface area contributed by atoms with E-state index in [-0.39, 0.29) is 11.9 Å². The lowest BCUT2D eigenvalue weighted by Crippen LogP contribution is -2.54. The summed E-state index contributed by atoms with van der Waals surface area (Å²) in [5.74, 6) is 0.320. The van der Waals surface area contributed by atoms with Crippen LogP contribution in [0.2, 0.25) is 0 Å². The highest BCUT2D eigenvalue weighted by Gasteiger charge is 2.35. The molecule has 1 saturated heterocycles. The Labute approximate surface area is 116 Å². The molecule has 1 saturated carbocycles. The lowest BCUT2D eigenvalue weighted by molar-refractivity contribution is -0.124. The van der Waals surface area contributed by atoms with Gasteiger partial charge in [-0.05, 0) is 19.8 Å². The fourth-order valence-electron chi connectivity index (χ4n) is 2.10. The average Bonchev–Trinajstić information content (AvgIpc) is 3.11. The van der Waals surface area contributed by atoms with Gasteiger partial charge in [-0.25, -0.2) is 0 Å². The molecule has 3 N–H and O–H groups in total. The number of carbonyl (C=O) groups is 1. The van der Waals surface area contributed by atoms with Gasteiger partial charge in [0.15, 0.2) is 0 Å². The zero-order valence-electron chi connectivity index (χ0n) is 11.4. The van der Waals surface area contributed by atoms with E-state index >= 15 is 0 Å². The van der Waals surface area contributed by atoms with E-state index in [1.165, 1.54) is 0 Å². The minimum atomic E-state index is -0.425. The summed E-state index contributed by atoms with van der Waals surface area (Å²) in [6.45, 7) is 3.18. The van der Waals surface area contributed by atoms with Crippen molar-refractivity contribution in [1.82, 2.24) is 15.5 Å². The van der Waals surface area contributed by atoms with Crippen LogP contribution in [-0.2, 0) is 9.53 Å². The molecular weight excluding hydrogens is 262 g/mol. The maximum absolute atomic E-state index is 12.2. The summed E-state index contributed by atoms with van der Waals surface area (Å²) in [5, 5.41) is 10.9. The van der Waals surface area contributed by atoms with Crippen molar-refractivity contribution in [3.63, 3.8) is 0 Å². The number of amides is 1. The highest BCUT2D eigenvalue weighted by atomic mass is 16.5. The Balaban J connectivity index is 1.74. The first-order valence-corrected chi connectivity index (χ1v) is 6.89. The zero-order chi connectivity index (χ0) is 14.1. The molecule has 2 heterocycles. The van der Waals surface area contributed by atoms with Gasteiger partial charge in [-0.1, -0.05) is 5.10 Å². The van der Waals surface area contributed by atoms with E-state index in [1.807, 2.05) is 0 Å². The Morgan fingerprint density at radius 3 is 2.95 bits per heavy atom. The van der Waals surface area contributed by atoms with E-state index in [1.54, 1.807) is 11.8 Å². The molecule has 20 heavy (non-hydrogen) atoms. The van der Waals surface area contributed by atoms with Crippen LogP contribution in [0.4, 0.5) is 6.01 Å². The number of ether oxygens (including phenoxy) is 1. The molecule has 1 amide bonds. The molecule has 1 aliphatic carbocycles. The van der Waals surface area contributed by atoms with Crippen molar-refractivity contribution in [2.75, 3.05) is 24.7 Å². The van der Waals surface area contributed by atoms with Crippen LogP contribution in [0.1, 0.15) is 31.7 Å². The van der Waals surface area contributed by atoms with Crippen LogP contribution in [0.3, 0.4) is 0 Å². The molecule has 1 aliphatic heterocycles. The maximum Gasteiger partial charge on any atom is 0.319 e. The van der Waals surface area contributed by atoms with Gasteiger partial charge in [-0.2, -0.15) is 0 Å². The second-order valence-corrected chi connectivity index (χ2v) is 5.28. The van der Waals surface area contributed by atoms with Gasteiger partial charge in [0.25, 0.3) is 0 Å². The number of morpholine rings is 1. The minimum Gasteiger partial charge on any atom is -0.406 e. The lowest BCUT2D eigenvalue weighted by Gasteiger charge is -2.33. The summed E-state index contributed by atoms with van der Waals surface area (Å²) in [6.07, 6.45) is 2.10. The summed E-state index contributed by atoms with van der Waals surface area (Å²) >= 11 is 0. The Hall–Kier alpha value is -1.67. The van der Waals surface area contributed by atoms with Crippen molar-refractivity contribution in [3.8, 4) is 0 Å². The molecule has 3 rings (SSSR count). The highest BCUT2D eigenvalue weighted by molar-refractivity contribution is 5.85. The van der Waals surface area contributed by atoms with E-state index in [0.717, 1.165) is 12.8 Å². The minimum absolute atomic E-state index is 0.0484. The third-order valence-electron chi connectivity index (χ3n) is 3.42. The highest BCUT2D eigenvalue weighted by Crippen LogP contribution is 2.23. The first-order valence-electron chi connectivity index (χ1n) is 6.89. The maximum atomic E-state index is 12.2. The molecule has 1 aromatic heterocycles. The van der Waals surface area contributed by atoms with Crippen LogP contribution in [0, 0.1) is 0 Å². The van der Waals surface area contributed by atoms with Crippen molar-refractivity contribution < 1.29 is 13.9 Å². The van der Waals surface area contributed by atoms with Gasteiger partial charge >= 0.3 is 6.01 Å². The molecule has 0 spiro atoms. The van der Waals surface area contributed by atoms with Gasteiger partial charge in [0, 0.05) is 12.6 Å². The van der Waals surface area contributed by atoms with Crippen molar-refractivity contribution in [2.45, 2.75) is 37.9 Å². The number of hydrogen-bond acceptors (Lipinski definition) is 7. The Kier molecular flexibility index (Phi) is 3.58. The van der Waals surface area contributed by atoms with Crippen molar-refractivity contribution >= 4 is 11.9 Å². The van der Waals surface area contributed by atoms with Crippen molar-refractivity contribution in [1.29, 1.82) is 0 Å². The summed E-state index contributed by atoms with van der Waals surface area (Å²) in [7, 11) is 0. The van der Waals surface area contributed by atoms with Crippen molar-refractivity contribution in [3.05, 3.63) is 5.89 Å². The summed E-state index contributed by atoms with van der Waals surface area (Å²) in [4.78, 5) is 14.0. The van der Waals surface area contributed by atoms with E-state index < -0.39 is 6.04 Å². The Bertz CT molecular complexity index is 485. The van der Waals surface area contributed by atoms with Crippen LogP contribution in [0.25, 0.3) is 0 Å². The van der Waals surface area contributed by atoms with Crippen LogP contribution in [0.5, 0.6) is 0 Å². The van der Waals surface area contributed by atoms with E-state index in [9.17, 15) is 4.79 Å². The first-order chi connectivity index (χ1) is 9.65. The molecule has 0 bridgehead atoms. The van der Waals surface area contributed by atoms with Gasteiger partial charge < -0.3 is 25.1 Å². The van der Waals surface area contributed by atoms with Gasteiger partial charge in [-0.3, -0.25) is 4.79 Å². The molecule has 0 radical (unpaired) electrons.